The van der Waals surface area contributed by atoms with Gasteiger partial charge in [-0.3, -0.25) is 9.59 Å². The molecule has 3 aromatic carbocycles. The second-order valence-corrected chi connectivity index (χ2v) is 8.97. The molecule has 0 radical (unpaired) electrons. The van der Waals surface area contributed by atoms with Crippen LogP contribution in [0.15, 0.2) is 72.8 Å². The van der Waals surface area contributed by atoms with E-state index in [1.807, 2.05) is 70.5 Å². The van der Waals surface area contributed by atoms with Crippen molar-refractivity contribution in [3.63, 3.8) is 0 Å². The van der Waals surface area contributed by atoms with Gasteiger partial charge in [0.05, 0.1) is 0 Å². The average Bonchev–Trinajstić information content (AvgIpc) is 2.83. The van der Waals surface area contributed by atoms with Crippen molar-refractivity contribution in [3.05, 3.63) is 95.1 Å². The van der Waals surface area contributed by atoms with E-state index >= 15 is 0 Å². The van der Waals surface area contributed by atoms with Crippen LogP contribution in [0.25, 0.3) is 0 Å². The van der Waals surface area contributed by atoms with Crippen LogP contribution >= 0.6 is 0 Å². The van der Waals surface area contributed by atoms with E-state index < -0.39 is 0 Å². The predicted octanol–water partition coefficient (Wildman–Crippen LogP) is 5.65. The first-order chi connectivity index (χ1) is 15.5. The van der Waals surface area contributed by atoms with Gasteiger partial charge in [0.2, 0.25) is 0 Å². The lowest BCUT2D eigenvalue weighted by atomic mass is 9.89. The van der Waals surface area contributed by atoms with E-state index in [4.69, 9.17) is 0 Å². The van der Waals surface area contributed by atoms with Gasteiger partial charge < -0.3 is 9.80 Å². The smallest absolute Gasteiger partial charge is 0.258 e. The number of fused-ring (bicyclic) bond motifs is 2. The zero-order valence-electron chi connectivity index (χ0n) is 18.6. The highest BCUT2D eigenvalue weighted by molar-refractivity contribution is 6.09. The lowest BCUT2D eigenvalue weighted by molar-refractivity contribution is 0.0965. The first kappa shape index (κ1) is 20.5. The zero-order valence-corrected chi connectivity index (χ0v) is 18.6. The molecule has 2 aliphatic rings. The van der Waals surface area contributed by atoms with Crippen molar-refractivity contribution in [2.24, 2.45) is 0 Å². The largest absolute Gasteiger partial charge is 0.305 e. The Morgan fingerprint density at radius 2 is 1.03 bits per heavy atom. The van der Waals surface area contributed by atoms with Crippen molar-refractivity contribution < 1.29 is 9.59 Å². The summed E-state index contributed by atoms with van der Waals surface area (Å²) in [6.07, 6.45) is 3.63. The normalized spacial score (nSPS) is 19.8. The van der Waals surface area contributed by atoms with Crippen LogP contribution in [0.4, 0.5) is 11.4 Å². The first-order valence-electron chi connectivity index (χ1n) is 11.5. The number of benzene rings is 3. The van der Waals surface area contributed by atoms with Gasteiger partial charge in [-0.2, -0.15) is 0 Å². The first-order valence-corrected chi connectivity index (χ1v) is 11.5. The molecule has 0 bridgehead atoms. The van der Waals surface area contributed by atoms with Gasteiger partial charge in [-0.25, -0.2) is 0 Å². The number of hydrogen-bond acceptors (Lipinski definition) is 2. The summed E-state index contributed by atoms with van der Waals surface area (Å²) in [6.45, 7) is 4.24. The van der Waals surface area contributed by atoms with Crippen molar-refractivity contribution >= 4 is 23.2 Å². The number of anilines is 2. The molecular weight excluding hydrogens is 396 g/mol. The average molecular weight is 425 g/mol. The Kier molecular flexibility index (Phi) is 5.30. The number of carbonyl (C=O) groups excluding carboxylic acids is 2. The van der Waals surface area contributed by atoms with Crippen LogP contribution in [0.5, 0.6) is 0 Å². The van der Waals surface area contributed by atoms with Crippen molar-refractivity contribution in [1.82, 2.24) is 0 Å². The number of rotatable bonds is 2. The van der Waals surface area contributed by atoms with Crippen molar-refractivity contribution in [3.8, 4) is 0 Å². The maximum Gasteiger partial charge on any atom is 0.258 e. The van der Waals surface area contributed by atoms with Gasteiger partial charge in [0.15, 0.2) is 0 Å². The molecule has 0 fully saturated rings. The van der Waals surface area contributed by atoms with Crippen LogP contribution in [0.2, 0.25) is 0 Å². The van der Waals surface area contributed by atoms with Gasteiger partial charge in [-0.15, -0.1) is 0 Å². The molecule has 4 nitrogen and oxygen atoms in total. The Hall–Kier alpha value is -3.40. The van der Waals surface area contributed by atoms with Crippen molar-refractivity contribution in [2.75, 3.05) is 9.80 Å². The van der Waals surface area contributed by atoms with E-state index in [1.54, 1.807) is 0 Å². The van der Waals surface area contributed by atoms with E-state index in [0.29, 0.717) is 11.1 Å². The summed E-state index contributed by atoms with van der Waals surface area (Å²) in [5.74, 6) is 0.0841. The number of hydrogen-bond donors (Lipinski definition) is 0. The van der Waals surface area contributed by atoms with Gasteiger partial charge in [0.1, 0.15) is 0 Å². The fourth-order valence-electron chi connectivity index (χ4n) is 5.03. The third-order valence-electron chi connectivity index (χ3n) is 6.82. The van der Waals surface area contributed by atoms with E-state index in [9.17, 15) is 9.59 Å². The molecule has 2 aliphatic heterocycles. The summed E-state index contributed by atoms with van der Waals surface area (Å²) in [5.41, 5.74) is 5.70. The molecule has 0 aliphatic carbocycles. The molecule has 0 saturated carbocycles. The second-order valence-electron chi connectivity index (χ2n) is 8.97. The summed E-state index contributed by atoms with van der Waals surface area (Å²) < 4.78 is 0. The third-order valence-corrected chi connectivity index (χ3v) is 6.82. The zero-order chi connectivity index (χ0) is 22.2. The minimum Gasteiger partial charge on any atom is -0.305 e. The second kappa shape index (κ2) is 8.27. The van der Waals surface area contributed by atoms with Gasteiger partial charge in [-0.1, -0.05) is 36.4 Å². The van der Waals surface area contributed by atoms with Crippen LogP contribution in [0, 0.1) is 0 Å². The Labute approximate surface area is 189 Å². The SMILES string of the molecule is C[C@@H]1CCc2cc3c(cc2N1C(=O)c1ccccc1)CC[C@H](C)N3C(=O)c1ccccc1. The Morgan fingerprint density at radius 1 is 0.656 bits per heavy atom. The number of carbonyl (C=O) groups is 2. The minimum absolute atomic E-state index is 0.0420. The Morgan fingerprint density at radius 3 is 1.41 bits per heavy atom. The molecule has 0 saturated heterocycles. The standard InChI is InChI=1S/C28H28N2O2/c1-19-13-15-23-18-26-24(17-25(23)29(19)27(31)21-9-5-3-6-10-21)16-14-20(2)30(26)28(32)22-11-7-4-8-12-22/h3-12,17-20H,13-16H2,1-2H3/t19-,20+. The van der Waals surface area contributed by atoms with E-state index in [-0.39, 0.29) is 23.9 Å². The van der Waals surface area contributed by atoms with E-state index in [1.165, 1.54) is 0 Å². The number of aryl methyl sites for hydroxylation is 2. The van der Waals surface area contributed by atoms with Crippen molar-refractivity contribution in [2.45, 2.75) is 51.6 Å². The molecule has 162 valence electrons. The predicted molar refractivity (Wildman–Crippen MR) is 129 cm³/mol. The summed E-state index contributed by atoms with van der Waals surface area (Å²) in [4.78, 5) is 30.7. The van der Waals surface area contributed by atoms with E-state index in [0.717, 1.165) is 48.2 Å². The molecule has 32 heavy (non-hydrogen) atoms. The van der Waals surface area contributed by atoms with Crippen LogP contribution in [0.3, 0.4) is 0 Å². The number of nitrogens with zero attached hydrogens (tertiary/aromatic N) is 2. The van der Waals surface area contributed by atoms with Gasteiger partial charge in [0.25, 0.3) is 11.8 Å². The Balaban J connectivity index is 1.57. The molecule has 2 amide bonds. The summed E-state index contributed by atoms with van der Waals surface area (Å²) in [6, 6.07) is 23.6. The molecule has 2 heterocycles. The van der Waals surface area contributed by atoms with Gasteiger partial charge in [-0.05, 0) is 87.1 Å². The fraction of sp³-hybridized carbons (Fsp3) is 0.286. The molecule has 0 aromatic heterocycles. The van der Waals surface area contributed by atoms with Crippen LogP contribution in [0.1, 0.15) is 58.5 Å². The van der Waals surface area contributed by atoms with Gasteiger partial charge >= 0.3 is 0 Å². The van der Waals surface area contributed by atoms with Gasteiger partial charge in [0, 0.05) is 34.6 Å². The van der Waals surface area contributed by atoms with E-state index in [2.05, 4.69) is 26.0 Å². The highest BCUT2D eigenvalue weighted by Gasteiger charge is 2.34. The maximum absolute atomic E-state index is 13.4. The molecule has 5 rings (SSSR count). The molecule has 2 atom stereocenters. The lowest BCUT2D eigenvalue weighted by Gasteiger charge is -2.40. The topological polar surface area (TPSA) is 40.6 Å². The van der Waals surface area contributed by atoms with Crippen LogP contribution in [-0.2, 0) is 12.8 Å². The van der Waals surface area contributed by atoms with Crippen molar-refractivity contribution in [1.29, 1.82) is 0 Å². The molecular formula is C28H28N2O2. The lowest BCUT2D eigenvalue weighted by Crippen LogP contribution is -2.44. The highest BCUT2D eigenvalue weighted by atomic mass is 16.2. The third kappa shape index (κ3) is 3.50. The number of amides is 2. The molecule has 0 spiro atoms. The molecule has 0 unspecified atom stereocenters. The van der Waals surface area contributed by atoms with Crippen LogP contribution < -0.4 is 9.80 Å². The van der Waals surface area contributed by atoms with Crippen LogP contribution in [-0.4, -0.2) is 23.9 Å². The fourth-order valence-corrected chi connectivity index (χ4v) is 5.03. The Bertz CT molecular complexity index is 1060. The maximum atomic E-state index is 13.4. The quantitative estimate of drug-likeness (QED) is 0.533. The molecule has 3 aromatic rings. The minimum atomic E-state index is 0.0420. The monoisotopic (exact) mass is 424 g/mol. The summed E-state index contributed by atoms with van der Waals surface area (Å²) >= 11 is 0. The summed E-state index contributed by atoms with van der Waals surface area (Å²) in [7, 11) is 0. The molecule has 4 heteroatoms. The molecule has 0 N–H and O–H groups in total. The summed E-state index contributed by atoms with van der Waals surface area (Å²) in [5, 5.41) is 0. The highest BCUT2D eigenvalue weighted by Crippen LogP contribution is 2.41.